The molecule has 2 saturated heterocycles. The molecule has 2 rings (SSSR count). The number of carbonyl (C=O) groups is 1. The van der Waals surface area contributed by atoms with Gasteiger partial charge in [0, 0.05) is 24.7 Å². The summed E-state index contributed by atoms with van der Waals surface area (Å²) in [6.07, 6.45) is 6.71. The van der Waals surface area contributed by atoms with Crippen molar-refractivity contribution in [1.82, 2.24) is 9.80 Å². The molecule has 0 amide bonds. The van der Waals surface area contributed by atoms with Gasteiger partial charge in [-0.15, -0.1) is 0 Å². The van der Waals surface area contributed by atoms with Crippen LogP contribution in [0.2, 0.25) is 0 Å². The van der Waals surface area contributed by atoms with Crippen LogP contribution in [0.3, 0.4) is 0 Å². The van der Waals surface area contributed by atoms with E-state index in [9.17, 15) is 4.79 Å². The van der Waals surface area contributed by atoms with Crippen molar-refractivity contribution in [2.24, 2.45) is 0 Å². The molecule has 0 radical (unpaired) electrons. The minimum Gasteiger partial charge on any atom is -0.466 e. The standard InChI is InChI=1S/C15H26N2O2/c1-3-13(15(18)19-2)7-11-16-8-5-10-17-9-4-6-14(17)12-16/h7,14H,3-6,8-12H2,1-2H3. The Bertz CT molecular complexity index is 341. The van der Waals surface area contributed by atoms with Crippen LogP contribution in [0.25, 0.3) is 0 Å². The lowest BCUT2D eigenvalue weighted by Gasteiger charge is -2.24. The zero-order valence-corrected chi connectivity index (χ0v) is 12.2. The molecule has 108 valence electrons. The van der Waals surface area contributed by atoms with Gasteiger partial charge in [0.1, 0.15) is 0 Å². The fraction of sp³-hybridized carbons (Fsp3) is 0.800. The third kappa shape index (κ3) is 3.80. The lowest BCUT2D eigenvalue weighted by Crippen LogP contribution is -2.36. The molecule has 0 spiro atoms. The van der Waals surface area contributed by atoms with E-state index in [2.05, 4.69) is 15.9 Å². The van der Waals surface area contributed by atoms with Gasteiger partial charge in [-0.2, -0.15) is 0 Å². The van der Waals surface area contributed by atoms with E-state index < -0.39 is 0 Å². The van der Waals surface area contributed by atoms with Gasteiger partial charge in [0.2, 0.25) is 0 Å². The van der Waals surface area contributed by atoms with Crippen molar-refractivity contribution in [3.05, 3.63) is 11.6 Å². The maximum absolute atomic E-state index is 11.5. The van der Waals surface area contributed by atoms with E-state index in [-0.39, 0.29) is 5.97 Å². The van der Waals surface area contributed by atoms with Gasteiger partial charge in [-0.25, -0.2) is 4.79 Å². The molecule has 2 heterocycles. The molecule has 0 aromatic carbocycles. The molecule has 0 saturated carbocycles. The minimum atomic E-state index is -0.181. The highest BCUT2D eigenvalue weighted by Gasteiger charge is 2.28. The molecule has 0 bridgehead atoms. The predicted octanol–water partition coefficient (Wildman–Crippen LogP) is 1.67. The van der Waals surface area contributed by atoms with E-state index in [0.717, 1.165) is 37.7 Å². The number of nitrogens with zero attached hydrogens (tertiary/aromatic N) is 2. The van der Waals surface area contributed by atoms with Crippen molar-refractivity contribution in [3.8, 4) is 0 Å². The fourth-order valence-corrected chi connectivity index (χ4v) is 3.19. The molecular formula is C15H26N2O2. The smallest absolute Gasteiger partial charge is 0.333 e. The highest BCUT2D eigenvalue weighted by Crippen LogP contribution is 2.21. The summed E-state index contributed by atoms with van der Waals surface area (Å²) in [7, 11) is 1.45. The molecule has 2 fully saturated rings. The zero-order chi connectivity index (χ0) is 13.7. The van der Waals surface area contributed by atoms with E-state index in [1.165, 1.54) is 39.5 Å². The van der Waals surface area contributed by atoms with E-state index in [0.29, 0.717) is 0 Å². The van der Waals surface area contributed by atoms with Gasteiger partial charge in [0.15, 0.2) is 0 Å². The van der Waals surface area contributed by atoms with Crippen molar-refractivity contribution in [2.75, 3.05) is 39.8 Å². The third-order valence-electron chi connectivity index (χ3n) is 4.31. The van der Waals surface area contributed by atoms with Crippen molar-refractivity contribution in [3.63, 3.8) is 0 Å². The highest BCUT2D eigenvalue weighted by molar-refractivity contribution is 5.88. The number of hydrogen-bond donors (Lipinski definition) is 0. The van der Waals surface area contributed by atoms with Crippen LogP contribution in [0.5, 0.6) is 0 Å². The number of methoxy groups -OCH3 is 1. The van der Waals surface area contributed by atoms with Gasteiger partial charge in [0.25, 0.3) is 0 Å². The van der Waals surface area contributed by atoms with E-state index in [4.69, 9.17) is 4.74 Å². The van der Waals surface area contributed by atoms with Gasteiger partial charge in [0.05, 0.1) is 7.11 Å². The first-order valence-electron chi connectivity index (χ1n) is 7.48. The van der Waals surface area contributed by atoms with Crippen molar-refractivity contribution < 1.29 is 9.53 Å². The summed E-state index contributed by atoms with van der Waals surface area (Å²) >= 11 is 0. The van der Waals surface area contributed by atoms with E-state index >= 15 is 0 Å². The minimum absolute atomic E-state index is 0.181. The summed E-state index contributed by atoms with van der Waals surface area (Å²) in [5.74, 6) is -0.181. The normalized spacial score (nSPS) is 26.0. The van der Waals surface area contributed by atoms with Crippen LogP contribution < -0.4 is 0 Å². The summed E-state index contributed by atoms with van der Waals surface area (Å²) in [5.41, 5.74) is 0.801. The second-order valence-corrected chi connectivity index (χ2v) is 5.52. The lowest BCUT2D eigenvalue weighted by molar-refractivity contribution is -0.136. The largest absolute Gasteiger partial charge is 0.466 e. The molecule has 19 heavy (non-hydrogen) atoms. The first-order chi connectivity index (χ1) is 9.24. The van der Waals surface area contributed by atoms with Crippen LogP contribution in [0, 0.1) is 0 Å². The molecule has 4 nitrogen and oxygen atoms in total. The molecule has 4 heteroatoms. The van der Waals surface area contributed by atoms with Crippen LogP contribution in [0.4, 0.5) is 0 Å². The Kier molecular flexibility index (Phi) is 5.40. The number of carbonyl (C=O) groups excluding carboxylic acids is 1. The molecule has 0 aromatic heterocycles. The highest BCUT2D eigenvalue weighted by atomic mass is 16.5. The first-order valence-corrected chi connectivity index (χ1v) is 7.48. The summed E-state index contributed by atoms with van der Waals surface area (Å²) in [5, 5.41) is 0. The fourth-order valence-electron chi connectivity index (χ4n) is 3.19. The molecule has 0 aromatic rings. The van der Waals surface area contributed by atoms with Crippen LogP contribution in [-0.2, 0) is 9.53 Å². The maximum Gasteiger partial charge on any atom is 0.333 e. The molecule has 0 aliphatic carbocycles. The van der Waals surface area contributed by atoms with Crippen molar-refractivity contribution >= 4 is 5.97 Å². The quantitative estimate of drug-likeness (QED) is 0.572. The number of ether oxygens (including phenoxy) is 1. The Balaban J connectivity index is 1.90. The maximum atomic E-state index is 11.5. The van der Waals surface area contributed by atoms with Crippen LogP contribution >= 0.6 is 0 Å². The second kappa shape index (κ2) is 7.06. The van der Waals surface area contributed by atoms with E-state index in [1.54, 1.807) is 0 Å². The summed E-state index contributed by atoms with van der Waals surface area (Å²) in [6.45, 7) is 7.68. The van der Waals surface area contributed by atoms with E-state index in [1.807, 2.05) is 6.92 Å². The third-order valence-corrected chi connectivity index (χ3v) is 4.31. The lowest BCUT2D eigenvalue weighted by atomic mass is 10.1. The zero-order valence-electron chi connectivity index (χ0n) is 12.2. The van der Waals surface area contributed by atoms with Crippen molar-refractivity contribution in [1.29, 1.82) is 0 Å². The monoisotopic (exact) mass is 266 g/mol. The number of fused-ring (bicyclic) bond motifs is 1. The van der Waals surface area contributed by atoms with Crippen LogP contribution in [0.15, 0.2) is 11.6 Å². The first kappa shape index (κ1) is 14.5. The average Bonchev–Trinajstić information content (AvgIpc) is 2.77. The Morgan fingerprint density at radius 1 is 1.32 bits per heavy atom. The Hall–Kier alpha value is -0.870. The van der Waals surface area contributed by atoms with Gasteiger partial charge in [-0.3, -0.25) is 9.80 Å². The molecule has 1 unspecified atom stereocenters. The number of hydrogen-bond acceptors (Lipinski definition) is 4. The second-order valence-electron chi connectivity index (χ2n) is 5.52. The molecular weight excluding hydrogens is 240 g/mol. The summed E-state index contributed by atoms with van der Waals surface area (Å²) < 4.78 is 4.80. The average molecular weight is 266 g/mol. The van der Waals surface area contributed by atoms with Gasteiger partial charge in [-0.1, -0.05) is 13.0 Å². The number of esters is 1. The molecule has 2 aliphatic heterocycles. The Morgan fingerprint density at radius 2 is 2.11 bits per heavy atom. The number of rotatable bonds is 4. The Morgan fingerprint density at radius 3 is 2.84 bits per heavy atom. The van der Waals surface area contributed by atoms with Gasteiger partial charge < -0.3 is 4.74 Å². The van der Waals surface area contributed by atoms with Gasteiger partial charge in [-0.05, 0) is 45.3 Å². The Labute approximate surface area is 116 Å². The topological polar surface area (TPSA) is 32.8 Å². The predicted molar refractivity (Wildman–Crippen MR) is 76.0 cm³/mol. The van der Waals surface area contributed by atoms with Gasteiger partial charge >= 0.3 is 5.97 Å². The van der Waals surface area contributed by atoms with Crippen LogP contribution in [-0.4, -0.2) is 61.6 Å². The SMILES string of the molecule is CCC(=CCN1CCCN2CCCC2C1)C(=O)OC. The van der Waals surface area contributed by atoms with Crippen LogP contribution in [0.1, 0.15) is 32.6 Å². The molecule has 0 N–H and O–H groups in total. The molecule has 1 atom stereocenters. The molecule has 2 aliphatic rings. The van der Waals surface area contributed by atoms with Crippen molar-refractivity contribution in [2.45, 2.75) is 38.6 Å². The summed E-state index contributed by atoms with van der Waals surface area (Å²) in [4.78, 5) is 16.7. The summed E-state index contributed by atoms with van der Waals surface area (Å²) in [6, 6.07) is 0.735.